The Morgan fingerprint density at radius 3 is 2.61 bits per heavy atom. The summed E-state index contributed by atoms with van der Waals surface area (Å²) in [7, 11) is 3.87. The molecule has 230 valence electrons. The number of alkyl halides is 1. The lowest BCUT2D eigenvalue weighted by atomic mass is 10.0. The number of amides is 2. The number of nitrogens with one attached hydrogen (secondary N) is 1. The predicted octanol–water partition coefficient (Wildman–Crippen LogP) is 3.68. The summed E-state index contributed by atoms with van der Waals surface area (Å²) in [6.45, 7) is 3.65. The molecule has 44 heavy (non-hydrogen) atoms. The predicted molar refractivity (Wildman–Crippen MR) is 165 cm³/mol. The molecule has 4 aromatic rings. The monoisotopic (exact) mass is 666 g/mol. The van der Waals surface area contributed by atoms with Crippen LogP contribution in [-0.4, -0.2) is 98.1 Å². The van der Waals surface area contributed by atoms with Crippen LogP contribution in [0.1, 0.15) is 29.7 Å². The molecule has 0 bridgehead atoms. The molecule has 0 radical (unpaired) electrons. The maximum atomic E-state index is 14.6. The second-order valence-electron chi connectivity index (χ2n) is 10.8. The van der Waals surface area contributed by atoms with Gasteiger partial charge in [0.15, 0.2) is 5.78 Å². The van der Waals surface area contributed by atoms with Gasteiger partial charge in [0.05, 0.1) is 12.1 Å². The molecule has 3 aromatic heterocycles. The zero-order chi connectivity index (χ0) is 31.5. The Morgan fingerprint density at radius 2 is 1.93 bits per heavy atom. The first kappa shape index (κ1) is 31.1. The summed E-state index contributed by atoms with van der Waals surface area (Å²) in [5.74, 6) is 0.0351. The van der Waals surface area contributed by atoms with Crippen molar-refractivity contribution in [3.8, 4) is 16.9 Å². The van der Waals surface area contributed by atoms with Gasteiger partial charge in [-0.3, -0.25) is 19.1 Å². The number of halogens is 2. The van der Waals surface area contributed by atoms with Crippen molar-refractivity contribution in [1.82, 2.24) is 34.5 Å². The van der Waals surface area contributed by atoms with E-state index in [0.29, 0.717) is 51.4 Å². The zero-order valence-electron chi connectivity index (χ0n) is 24.8. The van der Waals surface area contributed by atoms with Crippen LogP contribution in [0, 0.1) is 6.92 Å². The molecular formula is C30H32BrFN8O4. The number of rotatable bonds is 10. The molecular weight excluding hydrogens is 635 g/mol. The molecule has 0 spiro atoms. The lowest BCUT2D eigenvalue weighted by Crippen LogP contribution is -2.44. The molecule has 1 aliphatic rings. The molecule has 1 aromatic carbocycles. The van der Waals surface area contributed by atoms with Crippen LogP contribution in [0.2, 0.25) is 0 Å². The minimum absolute atomic E-state index is 0.143. The number of fused-ring (bicyclic) bond motifs is 1. The Balaban J connectivity index is 1.48. The molecule has 0 unspecified atom stereocenters. The van der Waals surface area contributed by atoms with Gasteiger partial charge in [-0.15, -0.1) is 0 Å². The van der Waals surface area contributed by atoms with Gasteiger partial charge < -0.3 is 19.9 Å². The maximum Gasteiger partial charge on any atom is 0.248 e. The first-order valence-electron chi connectivity index (χ1n) is 14.0. The van der Waals surface area contributed by atoms with Gasteiger partial charge in [0, 0.05) is 54.9 Å². The van der Waals surface area contributed by atoms with Gasteiger partial charge in [-0.05, 0) is 55.1 Å². The van der Waals surface area contributed by atoms with Crippen LogP contribution in [0.3, 0.4) is 0 Å². The standard InChI is InChI=1S/C30H32BrFN8O4/c1-17(41)29-22-11-21(19-13-33-18(2)34-14-19)25(44-9-8-38(3)4)12-23(22)40(37-29)16-28(42)39-15-20(32)10-24(39)30(43)36-27-7-5-6-26(31)35-27/h5-7,11-14,20,24H,8-10,15-16H2,1-4H3,(H,35,36,43)/t20-,24+/m1/s1. The summed E-state index contributed by atoms with van der Waals surface area (Å²) in [4.78, 5) is 55.4. The molecule has 2 atom stereocenters. The molecule has 14 heteroatoms. The Bertz CT molecular complexity index is 1710. The Kier molecular flexibility index (Phi) is 9.30. The molecule has 0 saturated carbocycles. The quantitative estimate of drug-likeness (QED) is 0.199. The number of hydrogen-bond acceptors (Lipinski definition) is 9. The van der Waals surface area contributed by atoms with Crippen LogP contribution >= 0.6 is 15.9 Å². The van der Waals surface area contributed by atoms with Crippen molar-refractivity contribution in [3.05, 3.63) is 58.8 Å². The third-order valence-electron chi connectivity index (χ3n) is 7.20. The van der Waals surface area contributed by atoms with E-state index in [1.165, 1.54) is 16.5 Å². The number of pyridine rings is 1. The van der Waals surface area contributed by atoms with E-state index in [1.807, 2.05) is 19.0 Å². The van der Waals surface area contributed by atoms with Crippen LogP contribution < -0.4 is 10.1 Å². The van der Waals surface area contributed by atoms with Crippen LogP contribution in [0.4, 0.5) is 10.2 Å². The van der Waals surface area contributed by atoms with Crippen molar-refractivity contribution in [2.45, 2.75) is 39.0 Å². The second kappa shape index (κ2) is 13.1. The van der Waals surface area contributed by atoms with E-state index in [9.17, 15) is 18.8 Å². The molecule has 12 nitrogen and oxygen atoms in total. The summed E-state index contributed by atoms with van der Waals surface area (Å²) in [6.07, 6.45) is 1.84. The topological polar surface area (TPSA) is 135 Å². The van der Waals surface area contributed by atoms with Crippen molar-refractivity contribution in [3.63, 3.8) is 0 Å². The lowest BCUT2D eigenvalue weighted by molar-refractivity contribution is -0.137. The lowest BCUT2D eigenvalue weighted by Gasteiger charge is -2.23. The number of nitrogens with zero attached hydrogens (tertiary/aromatic N) is 7. The van der Waals surface area contributed by atoms with Gasteiger partial charge in [-0.1, -0.05) is 6.07 Å². The summed E-state index contributed by atoms with van der Waals surface area (Å²) < 4.78 is 22.7. The van der Waals surface area contributed by atoms with Crippen molar-refractivity contribution in [2.75, 3.05) is 39.1 Å². The number of carbonyl (C=O) groups is 3. The van der Waals surface area contributed by atoms with E-state index in [-0.39, 0.29) is 36.8 Å². The Hall–Kier alpha value is -4.30. The first-order valence-corrected chi connectivity index (χ1v) is 14.8. The molecule has 2 amide bonds. The summed E-state index contributed by atoms with van der Waals surface area (Å²) >= 11 is 3.26. The van der Waals surface area contributed by atoms with Crippen molar-refractivity contribution in [2.24, 2.45) is 0 Å². The van der Waals surface area contributed by atoms with Gasteiger partial charge in [0.1, 0.15) is 53.1 Å². The van der Waals surface area contributed by atoms with E-state index in [0.717, 1.165) is 0 Å². The maximum absolute atomic E-state index is 14.6. The number of ether oxygens (including phenoxy) is 1. The van der Waals surface area contributed by atoms with Crippen LogP contribution in [0.5, 0.6) is 5.75 Å². The van der Waals surface area contributed by atoms with Crippen LogP contribution in [0.25, 0.3) is 22.0 Å². The number of likely N-dealkylation sites (tertiary alicyclic amines) is 1. The number of hydrogen-bond donors (Lipinski definition) is 1. The SMILES string of the molecule is CC(=O)c1nn(CC(=O)N2C[C@H](F)C[C@H]2C(=O)Nc2cccc(Br)n2)c2cc(OCCN(C)C)c(-c3cnc(C)nc3)cc12. The molecule has 0 aliphatic carbocycles. The number of Topliss-reactive ketones (excluding diaryl/α,β-unsaturated/α-hetero) is 1. The third-order valence-corrected chi connectivity index (χ3v) is 7.64. The van der Waals surface area contributed by atoms with E-state index in [4.69, 9.17) is 4.74 Å². The van der Waals surface area contributed by atoms with Crippen molar-refractivity contribution < 1.29 is 23.5 Å². The summed E-state index contributed by atoms with van der Waals surface area (Å²) in [6, 6.07) is 7.49. The first-order chi connectivity index (χ1) is 21.0. The number of likely N-dealkylation sites (N-methyl/N-ethyl adjacent to an activating group) is 1. The van der Waals surface area contributed by atoms with Crippen LogP contribution in [0.15, 0.2) is 47.3 Å². The van der Waals surface area contributed by atoms with Gasteiger partial charge >= 0.3 is 0 Å². The van der Waals surface area contributed by atoms with Gasteiger partial charge in [-0.2, -0.15) is 5.10 Å². The average molecular weight is 668 g/mol. The fraction of sp³-hybridized carbons (Fsp3) is 0.367. The minimum atomic E-state index is -1.37. The number of aryl methyl sites for hydroxylation is 1. The van der Waals surface area contributed by atoms with Gasteiger partial charge in [-0.25, -0.2) is 19.3 Å². The normalized spacial score (nSPS) is 16.5. The highest BCUT2D eigenvalue weighted by Crippen LogP contribution is 2.36. The number of ketones is 1. The third kappa shape index (κ3) is 6.91. The number of carbonyl (C=O) groups excluding carboxylic acids is 3. The van der Waals surface area contributed by atoms with Crippen molar-refractivity contribution in [1.29, 1.82) is 0 Å². The van der Waals surface area contributed by atoms with Gasteiger partial charge in [0.25, 0.3) is 0 Å². The Morgan fingerprint density at radius 1 is 1.18 bits per heavy atom. The number of anilines is 1. The molecule has 1 N–H and O–H groups in total. The highest BCUT2D eigenvalue weighted by molar-refractivity contribution is 9.10. The highest BCUT2D eigenvalue weighted by atomic mass is 79.9. The fourth-order valence-corrected chi connectivity index (χ4v) is 5.36. The minimum Gasteiger partial charge on any atom is -0.492 e. The number of aromatic nitrogens is 5. The highest BCUT2D eigenvalue weighted by Gasteiger charge is 2.40. The summed E-state index contributed by atoms with van der Waals surface area (Å²) in [5.41, 5.74) is 2.01. The average Bonchev–Trinajstić information content (AvgIpc) is 3.53. The van der Waals surface area contributed by atoms with E-state index >= 15 is 0 Å². The smallest absolute Gasteiger partial charge is 0.248 e. The van der Waals surface area contributed by atoms with Gasteiger partial charge in [0.2, 0.25) is 11.8 Å². The molecule has 4 heterocycles. The second-order valence-corrected chi connectivity index (χ2v) is 11.6. The van der Waals surface area contributed by atoms with E-state index in [2.05, 4.69) is 41.3 Å². The van der Waals surface area contributed by atoms with Crippen molar-refractivity contribution >= 4 is 50.2 Å². The molecule has 1 aliphatic heterocycles. The summed E-state index contributed by atoms with van der Waals surface area (Å²) in [5, 5.41) is 7.66. The number of benzene rings is 1. The Labute approximate surface area is 261 Å². The van der Waals surface area contributed by atoms with Crippen LogP contribution in [-0.2, 0) is 16.1 Å². The molecule has 5 rings (SSSR count). The molecule has 1 fully saturated rings. The fourth-order valence-electron chi connectivity index (χ4n) is 5.01. The zero-order valence-corrected chi connectivity index (χ0v) is 26.3. The largest absolute Gasteiger partial charge is 0.492 e. The van der Waals surface area contributed by atoms with E-state index in [1.54, 1.807) is 49.6 Å². The molecule has 1 saturated heterocycles. The van der Waals surface area contributed by atoms with E-state index < -0.39 is 24.0 Å².